The first-order chi connectivity index (χ1) is 9.16. The van der Waals surface area contributed by atoms with E-state index in [9.17, 15) is 4.79 Å². The van der Waals surface area contributed by atoms with Crippen LogP contribution in [0.4, 0.5) is 0 Å². The van der Waals surface area contributed by atoms with Gasteiger partial charge in [-0.3, -0.25) is 4.79 Å². The van der Waals surface area contributed by atoms with E-state index in [4.69, 9.17) is 19.1 Å². The zero-order valence-corrected chi connectivity index (χ0v) is 10.7. The molecule has 1 N–H and O–H groups in total. The summed E-state index contributed by atoms with van der Waals surface area (Å²) in [6, 6.07) is 0. The van der Waals surface area contributed by atoms with Crippen LogP contribution in [0.2, 0.25) is 0 Å². The van der Waals surface area contributed by atoms with Gasteiger partial charge in [0.1, 0.15) is 5.60 Å². The summed E-state index contributed by atoms with van der Waals surface area (Å²) in [5.74, 6) is -0.430. The molecule has 1 saturated carbocycles. The van der Waals surface area contributed by atoms with Crippen molar-refractivity contribution in [3.05, 3.63) is 11.7 Å². The van der Waals surface area contributed by atoms with Crippen LogP contribution in [-0.4, -0.2) is 41.5 Å². The molecule has 7 heteroatoms. The summed E-state index contributed by atoms with van der Waals surface area (Å²) in [7, 11) is 1.62. The number of nitrogens with zero attached hydrogens (tertiary/aromatic N) is 2. The highest BCUT2D eigenvalue weighted by Gasteiger charge is 2.49. The molecule has 0 radical (unpaired) electrons. The maximum atomic E-state index is 10.8. The average molecular weight is 268 g/mol. The number of aliphatic carboxylic acids is 1. The summed E-state index contributed by atoms with van der Waals surface area (Å²) in [5.41, 5.74) is -0.562. The first kappa shape index (κ1) is 12.6. The predicted molar refractivity (Wildman–Crippen MR) is 61.5 cm³/mol. The number of hydrogen-bond acceptors (Lipinski definition) is 6. The highest BCUT2D eigenvalue weighted by molar-refractivity contribution is 5.74. The second-order valence-corrected chi connectivity index (χ2v) is 5.05. The van der Waals surface area contributed by atoms with Gasteiger partial charge >= 0.3 is 5.97 Å². The molecular weight excluding hydrogens is 252 g/mol. The lowest BCUT2D eigenvalue weighted by Crippen LogP contribution is -2.36. The molecule has 1 aliphatic heterocycles. The van der Waals surface area contributed by atoms with Crippen LogP contribution in [0.3, 0.4) is 0 Å². The molecular formula is C12H16N2O5. The average Bonchev–Trinajstić information content (AvgIpc) is 3.09. The fourth-order valence-electron chi connectivity index (χ4n) is 2.53. The van der Waals surface area contributed by atoms with Crippen LogP contribution in [0.5, 0.6) is 0 Å². The predicted octanol–water partition coefficient (Wildman–Crippen LogP) is 0.910. The molecule has 0 bridgehead atoms. The van der Waals surface area contributed by atoms with Crippen LogP contribution in [0.25, 0.3) is 0 Å². The molecule has 1 aromatic heterocycles. The van der Waals surface area contributed by atoms with Crippen molar-refractivity contribution in [3.63, 3.8) is 0 Å². The third-order valence-electron chi connectivity index (χ3n) is 3.97. The van der Waals surface area contributed by atoms with E-state index in [1.807, 2.05) is 0 Å². The van der Waals surface area contributed by atoms with E-state index >= 15 is 0 Å². The summed E-state index contributed by atoms with van der Waals surface area (Å²) >= 11 is 0. The van der Waals surface area contributed by atoms with Gasteiger partial charge in [0.25, 0.3) is 0 Å². The quantitative estimate of drug-likeness (QED) is 0.867. The molecule has 7 nitrogen and oxygen atoms in total. The Morgan fingerprint density at radius 1 is 1.47 bits per heavy atom. The van der Waals surface area contributed by atoms with E-state index in [1.165, 1.54) is 0 Å². The highest BCUT2D eigenvalue weighted by atomic mass is 16.5. The van der Waals surface area contributed by atoms with E-state index < -0.39 is 11.6 Å². The standard InChI is InChI=1S/C12H16N2O5/c1-17-12(2-4-18-5-3-12)11-13-9(19-14-11)7-6-8(7)10(15)16/h7-8H,2-6H2,1H3,(H,15,16). The highest BCUT2D eigenvalue weighted by Crippen LogP contribution is 2.47. The Kier molecular flexibility index (Phi) is 3.02. The minimum atomic E-state index is -0.808. The zero-order chi connectivity index (χ0) is 13.5. The molecule has 1 aliphatic carbocycles. The van der Waals surface area contributed by atoms with Gasteiger partial charge in [0.15, 0.2) is 0 Å². The SMILES string of the molecule is COC1(c2noc(C3CC3C(=O)O)n2)CCOCC1. The van der Waals surface area contributed by atoms with Gasteiger partial charge in [-0.2, -0.15) is 4.98 Å². The number of carboxylic acid groups (broad SMARTS) is 1. The largest absolute Gasteiger partial charge is 0.481 e. The van der Waals surface area contributed by atoms with Crippen LogP contribution in [0.15, 0.2) is 4.52 Å². The van der Waals surface area contributed by atoms with E-state index in [1.54, 1.807) is 7.11 Å². The van der Waals surface area contributed by atoms with Crippen molar-refractivity contribution in [2.24, 2.45) is 5.92 Å². The second kappa shape index (κ2) is 4.57. The topological polar surface area (TPSA) is 94.7 Å². The van der Waals surface area contributed by atoms with Crippen LogP contribution in [0, 0.1) is 5.92 Å². The van der Waals surface area contributed by atoms with Gasteiger partial charge in [0, 0.05) is 33.2 Å². The van der Waals surface area contributed by atoms with E-state index in [0.29, 0.717) is 44.2 Å². The summed E-state index contributed by atoms with van der Waals surface area (Å²) in [6.45, 7) is 1.19. The van der Waals surface area contributed by atoms with Gasteiger partial charge in [-0.05, 0) is 6.42 Å². The Morgan fingerprint density at radius 3 is 2.79 bits per heavy atom. The van der Waals surface area contributed by atoms with Crippen molar-refractivity contribution in [2.75, 3.05) is 20.3 Å². The molecule has 104 valence electrons. The summed E-state index contributed by atoms with van der Waals surface area (Å²) in [4.78, 5) is 15.2. The minimum absolute atomic E-state index is 0.146. The number of ether oxygens (including phenoxy) is 2. The minimum Gasteiger partial charge on any atom is -0.481 e. The lowest BCUT2D eigenvalue weighted by molar-refractivity contribution is -0.138. The van der Waals surface area contributed by atoms with E-state index in [-0.39, 0.29) is 11.8 Å². The van der Waals surface area contributed by atoms with E-state index in [0.717, 1.165) is 0 Å². The monoisotopic (exact) mass is 268 g/mol. The molecule has 2 heterocycles. The van der Waals surface area contributed by atoms with Gasteiger partial charge in [-0.15, -0.1) is 0 Å². The number of methoxy groups -OCH3 is 1. The molecule has 1 aromatic rings. The maximum Gasteiger partial charge on any atom is 0.307 e. The van der Waals surface area contributed by atoms with Crippen molar-refractivity contribution in [1.82, 2.24) is 10.1 Å². The molecule has 0 aromatic carbocycles. The molecule has 3 rings (SSSR count). The van der Waals surface area contributed by atoms with Gasteiger partial charge in [-0.1, -0.05) is 5.16 Å². The first-order valence-electron chi connectivity index (χ1n) is 6.36. The molecule has 2 fully saturated rings. The van der Waals surface area contributed by atoms with E-state index in [2.05, 4.69) is 10.1 Å². The summed E-state index contributed by atoms with van der Waals surface area (Å²) in [5, 5.41) is 12.9. The Hall–Kier alpha value is -1.47. The number of hydrogen-bond donors (Lipinski definition) is 1. The molecule has 0 amide bonds. The van der Waals surface area contributed by atoms with Crippen molar-refractivity contribution in [3.8, 4) is 0 Å². The molecule has 2 aliphatic rings. The van der Waals surface area contributed by atoms with Gasteiger partial charge < -0.3 is 19.1 Å². The number of aromatic nitrogens is 2. The Balaban J connectivity index is 1.79. The Labute approximate surface area is 109 Å². The van der Waals surface area contributed by atoms with Gasteiger partial charge in [0.05, 0.1) is 11.8 Å². The lowest BCUT2D eigenvalue weighted by atomic mass is 9.93. The molecule has 19 heavy (non-hydrogen) atoms. The van der Waals surface area contributed by atoms with Crippen LogP contribution < -0.4 is 0 Å². The van der Waals surface area contributed by atoms with Crippen LogP contribution in [-0.2, 0) is 19.9 Å². The lowest BCUT2D eigenvalue weighted by Gasteiger charge is -2.32. The van der Waals surface area contributed by atoms with Crippen molar-refractivity contribution in [1.29, 1.82) is 0 Å². The molecule has 0 spiro atoms. The zero-order valence-electron chi connectivity index (χ0n) is 10.7. The fraction of sp³-hybridized carbons (Fsp3) is 0.750. The number of carbonyl (C=O) groups is 1. The molecule has 2 unspecified atom stereocenters. The molecule has 2 atom stereocenters. The first-order valence-corrected chi connectivity index (χ1v) is 6.36. The normalized spacial score (nSPS) is 29.1. The Bertz CT molecular complexity index is 480. The second-order valence-electron chi connectivity index (χ2n) is 5.05. The third-order valence-corrected chi connectivity index (χ3v) is 3.97. The Morgan fingerprint density at radius 2 is 2.21 bits per heavy atom. The summed E-state index contributed by atoms with van der Waals surface area (Å²) in [6.07, 6.45) is 1.92. The van der Waals surface area contributed by atoms with Crippen LogP contribution in [0.1, 0.15) is 36.9 Å². The number of rotatable bonds is 4. The maximum absolute atomic E-state index is 10.8. The van der Waals surface area contributed by atoms with Crippen molar-refractivity contribution >= 4 is 5.97 Å². The number of carboxylic acids is 1. The third kappa shape index (κ3) is 2.12. The van der Waals surface area contributed by atoms with Crippen molar-refractivity contribution < 1.29 is 23.9 Å². The van der Waals surface area contributed by atoms with Crippen molar-refractivity contribution in [2.45, 2.75) is 30.8 Å². The summed E-state index contributed by atoms with van der Waals surface area (Å²) < 4.78 is 16.1. The molecule has 1 saturated heterocycles. The smallest absolute Gasteiger partial charge is 0.307 e. The van der Waals surface area contributed by atoms with Crippen LogP contribution >= 0.6 is 0 Å². The van der Waals surface area contributed by atoms with Gasteiger partial charge in [0.2, 0.25) is 11.7 Å². The fourth-order valence-corrected chi connectivity index (χ4v) is 2.53. The van der Waals surface area contributed by atoms with Gasteiger partial charge in [-0.25, -0.2) is 0 Å².